The summed E-state index contributed by atoms with van der Waals surface area (Å²) in [4.78, 5) is 30.2. The molecule has 1 amide bonds. The van der Waals surface area contributed by atoms with Crippen LogP contribution in [-0.4, -0.2) is 61.4 Å². The van der Waals surface area contributed by atoms with Crippen LogP contribution >= 0.6 is 0 Å². The maximum absolute atomic E-state index is 13.0. The summed E-state index contributed by atoms with van der Waals surface area (Å²) >= 11 is 0. The number of aromatic nitrogens is 4. The van der Waals surface area contributed by atoms with Crippen molar-refractivity contribution < 1.29 is 4.79 Å². The van der Waals surface area contributed by atoms with Crippen LogP contribution in [0.1, 0.15) is 32.6 Å². The van der Waals surface area contributed by atoms with Crippen molar-refractivity contribution in [3.05, 3.63) is 53.1 Å². The van der Waals surface area contributed by atoms with Crippen LogP contribution in [0.15, 0.2) is 47.5 Å². The van der Waals surface area contributed by atoms with E-state index in [9.17, 15) is 9.59 Å². The molecular formula is C24H30N6O2. The largest absolute Gasteiger partial charge is 0.342 e. The molecule has 1 unspecified atom stereocenters. The van der Waals surface area contributed by atoms with Crippen molar-refractivity contribution in [2.75, 3.05) is 26.2 Å². The second-order valence-electron chi connectivity index (χ2n) is 9.23. The molecule has 0 saturated carbocycles. The molecule has 8 nitrogen and oxygen atoms in total. The third-order valence-electron chi connectivity index (χ3n) is 6.78. The van der Waals surface area contributed by atoms with Crippen molar-refractivity contribution in [3.63, 3.8) is 0 Å². The molecular weight excluding hydrogens is 404 g/mol. The molecule has 2 saturated heterocycles. The minimum Gasteiger partial charge on any atom is -0.342 e. The van der Waals surface area contributed by atoms with E-state index in [0.29, 0.717) is 24.0 Å². The Labute approximate surface area is 187 Å². The fraction of sp³-hybridized carbons (Fsp3) is 0.500. The summed E-state index contributed by atoms with van der Waals surface area (Å²) in [5.41, 5.74) is 1.15. The van der Waals surface area contributed by atoms with Gasteiger partial charge in [-0.25, -0.2) is 9.36 Å². The first-order chi connectivity index (χ1) is 15.6. The number of nitrogens with zero attached hydrogens (tertiary/aromatic N) is 6. The van der Waals surface area contributed by atoms with Crippen molar-refractivity contribution in [3.8, 4) is 5.69 Å². The van der Waals surface area contributed by atoms with Crippen LogP contribution in [0.3, 0.4) is 0 Å². The van der Waals surface area contributed by atoms with Crippen LogP contribution in [0.2, 0.25) is 0 Å². The second-order valence-corrected chi connectivity index (χ2v) is 9.23. The smallest absolute Gasteiger partial charge is 0.296 e. The molecule has 0 bridgehead atoms. The molecule has 8 heteroatoms. The van der Waals surface area contributed by atoms with Crippen molar-refractivity contribution in [2.24, 2.45) is 11.8 Å². The van der Waals surface area contributed by atoms with Crippen molar-refractivity contribution in [2.45, 2.75) is 39.3 Å². The van der Waals surface area contributed by atoms with E-state index in [1.807, 2.05) is 36.5 Å². The topological polar surface area (TPSA) is 76.3 Å². The molecule has 4 heterocycles. The number of carbonyl (C=O) groups excluding carboxylic acids is 1. The highest BCUT2D eigenvalue weighted by atomic mass is 16.2. The Kier molecular flexibility index (Phi) is 5.78. The quantitative estimate of drug-likeness (QED) is 0.631. The first-order valence-corrected chi connectivity index (χ1v) is 11.6. The van der Waals surface area contributed by atoms with E-state index in [2.05, 4.69) is 26.9 Å². The maximum Gasteiger partial charge on any atom is 0.296 e. The predicted molar refractivity (Wildman–Crippen MR) is 122 cm³/mol. The molecule has 168 valence electrons. The molecule has 2 aliphatic rings. The van der Waals surface area contributed by atoms with Crippen LogP contribution in [-0.2, 0) is 11.5 Å². The monoisotopic (exact) mass is 434 g/mol. The number of hydrogen-bond donors (Lipinski definition) is 0. The molecule has 5 rings (SSSR count). The summed E-state index contributed by atoms with van der Waals surface area (Å²) in [6.07, 6.45) is 7.55. The normalized spacial score (nSPS) is 20.7. The van der Waals surface area contributed by atoms with E-state index < -0.39 is 0 Å². The molecule has 0 aliphatic carbocycles. The molecule has 32 heavy (non-hydrogen) atoms. The van der Waals surface area contributed by atoms with Gasteiger partial charge in [-0.05, 0) is 43.7 Å². The lowest BCUT2D eigenvalue weighted by Gasteiger charge is -2.37. The maximum atomic E-state index is 13.0. The van der Waals surface area contributed by atoms with E-state index in [1.54, 1.807) is 10.9 Å². The number of benzene rings is 1. The third-order valence-corrected chi connectivity index (χ3v) is 6.78. The van der Waals surface area contributed by atoms with E-state index in [0.717, 1.165) is 56.5 Å². The lowest BCUT2D eigenvalue weighted by atomic mass is 9.93. The molecule has 0 radical (unpaired) electrons. The number of para-hydroxylation sites is 1. The van der Waals surface area contributed by atoms with Crippen LogP contribution in [0.25, 0.3) is 16.6 Å². The van der Waals surface area contributed by atoms with Crippen LogP contribution in [0.5, 0.6) is 0 Å². The fourth-order valence-electron chi connectivity index (χ4n) is 4.93. The Balaban J connectivity index is 1.24. The van der Waals surface area contributed by atoms with Gasteiger partial charge in [-0.2, -0.15) is 10.2 Å². The van der Waals surface area contributed by atoms with Gasteiger partial charge in [-0.3, -0.25) is 14.5 Å². The Bertz CT molecular complexity index is 1150. The van der Waals surface area contributed by atoms with Gasteiger partial charge in [-0.15, -0.1) is 0 Å². The van der Waals surface area contributed by atoms with Gasteiger partial charge in [0, 0.05) is 43.7 Å². The fourth-order valence-corrected chi connectivity index (χ4v) is 4.93. The second kappa shape index (κ2) is 8.86. The standard InChI is InChI=1S/C24H30N6O2/c1-18-6-5-11-28(15-18)23(31)19-9-12-27(13-10-19)17-30-24(32)22-20(14-25-30)16-29(26-22)21-7-3-2-4-8-21/h2-4,7-8,14,16,18-19H,5-6,9-13,15,17H2,1H3. The zero-order valence-corrected chi connectivity index (χ0v) is 18.6. The van der Waals surface area contributed by atoms with E-state index in [1.165, 1.54) is 11.1 Å². The average Bonchev–Trinajstić information content (AvgIpc) is 3.27. The molecule has 0 N–H and O–H groups in total. The van der Waals surface area contributed by atoms with Crippen molar-refractivity contribution in [1.82, 2.24) is 29.4 Å². The number of fused-ring (bicyclic) bond motifs is 1. The summed E-state index contributed by atoms with van der Waals surface area (Å²) < 4.78 is 3.20. The van der Waals surface area contributed by atoms with Crippen molar-refractivity contribution in [1.29, 1.82) is 0 Å². The average molecular weight is 435 g/mol. The third kappa shape index (κ3) is 4.19. The summed E-state index contributed by atoms with van der Waals surface area (Å²) in [5, 5.41) is 9.61. The zero-order chi connectivity index (χ0) is 22.1. The highest BCUT2D eigenvalue weighted by Gasteiger charge is 2.30. The summed E-state index contributed by atoms with van der Waals surface area (Å²) in [6, 6.07) is 9.74. The van der Waals surface area contributed by atoms with E-state index in [4.69, 9.17) is 0 Å². The summed E-state index contributed by atoms with van der Waals surface area (Å²) in [5.74, 6) is 1.02. The lowest BCUT2D eigenvalue weighted by molar-refractivity contribution is -0.139. The lowest BCUT2D eigenvalue weighted by Crippen LogP contribution is -2.46. The van der Waals surface area contributed by atoms with E-state index >= 15 is 0 Å². The Morgan fingerprint density at radius 1 is 1.09 bits per heavy atom. The highest BCUT2D eigenvalue weighted by molar-refractivity contribution is 5.79. The van der Waals surface area contributed by atoms with Crippen LogP contribution < -0.4 is 5.56 Å². The van der Waals surface area contributed by atoms with Gasteiger partial charge in [0.15, 0.2) is 5.52 Å². The molecule has 0 spiro atoms. The molecule has 2 aromatic heterocycles. The molecule has 2 fully saturated rings. The number of carbonyl (C=O) groups is 1. The number of rotatable bonds is 4. The Morgan fingerprint density at radius 2 is 1.88 bits per heavy atom. The number of likely N-dealkylation sites (tertiary alicyclic amines) is 2. The van der Waals surface area contributed by atoms with E-state index in [-0.39, 0.29) is 11.5 Å². The van der Waals surface area contributed by atoms with Gasteiger partial charge in [0.05, 0.1) is 18.6 Å². The number of piperidine rings is 2. The Hall–Kier alpha value is -3.00. The van der Waals surface area contributed by atoms with Crippen molar-refractivity contribution >= 4 is 16.8 Å². The molecule has 3 aromatic rings. The number of amides is 1. The van der Waals surface area contributed by atoms with Gasteiger partial charge in [-0.1, -0.05) is 25.1 Å². The Morgan fingerprint density at radius 3 is 2.62 bits per heavy atom. The van der Waals surface area contributed by atoms with Crippen LogP contribution in [0.4, 0.5) is 0 Å². The molecule has 1 aromatic carbocycles. The highest BCUT2D eigenvalue weighted by Crippen LogP contribution is 2.23. The first kappa shape index (κ1) is 20.9. The zero-order valence-electron chi connectivity index (χ0n) is 18.6. The summed E-state index contributed by atoms with van der Waals surface area (Å²) in [6.45, 7) is 6.04. The van der Waals surface area contributed by atoms with Gasteiger partial charge >= 0.3 is 0 Å². The van der Waals surface area contributed by atoms with Gasteiger partial charge in [0.1, 0.15) is 0 Å². The molecule has 2 aliphatic heterocycles. The number of hydrogen-bond acceptors (Lipinski definition) is 5. The minimum absolute atomic E-state index is 0.102. The predicted octanol–water partition coefficient (Wildman–Crippen LogP) is 2.51. The first-order valence-electron chi connectivity index (χ1n) is 11.6. The van der Waals surface area contributed by atoms with Crippen LogP contribution in [0, 0.1) is 11.8 Å². The SMILES string of the molecule is CC1CCCN(C(=O)C2CCN(Cn3ncc4cn(-c5ccccc5)nc4c3=O)CC2)C1. The molecule has 1 atom stereocenters. The minimum atomic E-state index is -0.183. The van der Waals surface area contributed by atoms with Gasteiger partial charge < -0.3 is 4.90 Å². The summed E-state index contributed by atoms with van der Waals surface area (Å²) in [7, 11) is 0. The van der Waals surface area contributed by atoms with Gasteiger partial charge in [0.25, 0.3) is 5.56 Å². The van der Waals surface area contributed by atoms with Gasteiger partial charge in [0.2, 0.25) is 5.91 Å².